The van der Waals surface area contributed by atoms with E-state index >= 15 is 0 Å². The van der Waals surface area contributed by atoms with Gasteiger partial charge in [0.25, 0.3) is 0 Å². The van der Waals surface area contributed by atoms with Crippen molar-refractivity contribution in [3.05, 3.63) is 23.8 Å². The normalized spacial score (nSPS) is 17.7. The van der Waals surface area contributed by atoms with Crippen molar-refractivity contribution < 1.29 is 28.5 Å². The second-order valence-electron chi connectivity index (χ2n) is 5.65. The third-order valence-corrected chi connectivity index (χ3v) is 4.19. The average molecular weight is 308 g/mol. The van der Waals surface area contributed by atoms with E-state index < -0.39 is 23.0 Å². The highest BCUT2D eigenvalue weighted by Gasteiger charge is 2.63. The van der Waals surface area contributed by atoms with Crippen LogP contribution in [0.4, 0.5) is 0 Å². The molecule has 0 fully saturated rings. The summed E-state index contributed by atoms with van der Waals surface area (Å²) >= 11 is 0. The van der Waals surface area contributed by atoms with Crippen LogP contribution in [0.2, 0.25) is 0 Å². The van der Waals surface area contributed by atoms with E-state index in [1.165, 1.54) is 14.2 Å². The van der Waals surface area contributed by atoms with Crippen molar-refractivity contribution >= 4 is 11.9 Å². The predicted molar refractivity (Wildman–Crippen MR) is 77.9 cm³/mol. The van der Waals surface area contributed by atoms with E-state index in [-0.39, 0.29) is 6.42 Å². The van der Waals surface area contributed by atoms with Gasteiger partial charge in [0.15, 0.2) is 0 Å². The topological polar surface area (TPSA) is 71.1 Å². The Morgan fingerprint density at radius 1 is 1.09 bits per heavy atom. The molecular weight excluding hydrogens is 288 g/mol. The summed E-state index contributed by atoms with van der Waals surface area (Å²) in [6.45, 7) is 3.34. The molecular formula is C16H20O6. The summed E-state index contributed by atoms with van der Waals surface area (Å²) in [6, 6.07) is 5.25. The van der Waals surface area contributed by atoms with E-state index in [4.69, 9.17) is 18.9 Å². The third-order valence-electron chi connectivity index (χ3n) is 4.19. The number of esters is 2. The predicted octanol–water partition coefficient (Wildman–Crippen LogP) is 1.74. The first-order valence-electron chi connectivity index (χ1n) is 6.85. The zero-order valence-electron chi connectivity index (χ0n) is 13.4. The first-order chi connectivity index (χ1) is 10.3. The molecule has 0 atom stereocenters. The standard InChI is InChI=1S/C16H20O6/c1-15(2)16(13(17)20-4,14(18)21-5)9-10-6-7-11(19-3)8-12(10)22-15/h6-8H,9H2,1-5H3. The maximum Gasteiger partial charge on any atom is 0.327 e. The summed E-state index contributed by atoms with van der Waals surface area (Å²) in [4.78, 5) is 24.8. The molecule has 1 aliphatic rings. The van der Waals surface area contributed by atoms with Gasteiger partial charge in [0.05, 0.1) is 21.3 Å². The smallest absolute Gasteiger partial charge is 0.327 e. The molecule has 1 aromatic rings. The van der Waals surface area contributed by atoms with Crippen molar-refractivity contribution in [1.82, 2.24) is 0 Å². The maximum atomic E-state index is 12.4. The van der Waals surface area contributed by atoms with E-state index in [9.17, 15) is 9.59 Å². The molecule has 0 spiro atoms. The fraction of sp³-hybridized carbons (Fsp3) is 0.500. The van der Waals surface area contributed by atoms with Crippen LogP contribution < -0.4 is 9.47 Å². The molecule has 1 heterocycles. The highest BCUT2D eigenvalue weighted by atomic mass is 16.6. The van der Waals surface area contributed by atoms with Gasteiger partial charge in [-0.1, -0.05) is 6.07 Å². The zero-order valence-corrected chi connectivity index (χ0v) is 13.4. The third kappa shape index (κ3) is 2.19. The molecule has 0 aliphatic carbocycles. The number of hydrogen-bond acceptors (Lipinski definition) is 6. The molecule has 6 nitrogen and oxygen atoms in total. The lowest BCUT2D eigenvalue weighted by atomic mass is 9.67. The van der Waals surface area contributed by atoms with Crippen LogP contribution in [-0.2, 0) is 25.5 Å². The highest BCUT2D eigenvalue weighted by Crippen LogP contribution is 2.47. The second-order valence-corrected chi connectivity index (χ2v) is 5.65. The largest absolute Gasteiger partial charge is 0.497 e. The first kappa shape index (κ1) is 16.1. The second kappa shape index (κ2) is 5.51. The minimum absolute atomic E-state index is 0.138. The number of methoxy groups -OCH3 is 3. The minimum Gasteiger partial charge on any atom is -0.497 e. The van der Waals surface area contributed by atoms with Crippen LogP contribution in [0.3, 0.4) is 0 Å². The van der Waals surface area contributed by atoms with Gasteiger partial charge in [-0.05, 0) is 25.5 Å². The number of carbonyl (C=O) groups is 2. The first-order valence-corrected chi connectivity index (χ1v) is 6.85. The van der Waals surface area contributed by atoms with Gasteiger partial charge in [-0.3, -0.25) is 9.59 Å². The summed E-state index contributed by atoms with van der Waals surface area (Å²) in [5.74, 6) is -0.136. The fourth-order valence-corrected chi connectivity index (χ4v) is 2.83. The molecule has 22 heavy (non-hydrogen) atoms. The van der Waals surface area contributed by atoms with E-state index in [1.54, 1.807) is 39.2 Å². The van der Waals surface area contributed by atoms with Crippen LogP contribution in [0.25, 0.3) is 0 Å². The van der Waals surface area contributed by atoms with Crippen molar-refractivity contribution in [2.75, 3.05) is 21.3 Å². The van der Waals surface area contributed by atoms with Crippen molar-refractivity contribution in [3.63, 3.8) is 0 Å². The van der Waals surface area contributed by atoms with Gasteiger partial charge in [-0.25, -0.2) is 0 Å². The summed E-state index contributed by atoms with van der Waals surface area (Å²) < 4.78 is 20.9. The highest BCUT2D eigenvalue weighted by molar-refractivity contribution is 6.02. The van der Waals surface area contributed by atoms with Gasteiger partial charge >= 0.3 is 11.9 Å². The molecule has 1 aliphatic heterocycles. The lowest BCUT2D eigenvalue weighted by Gasteiger charge is -2.45. The van der Waals surface area contributed by atoms with Crippen LogP contribution in [0.1, 0.15) is 19.4 Å². The van der Waals surface area contributed by atoms with Crippen molar-refractivity contribution in [2.45, 2.75) is 25.9 Å². The lowest BCUT2D eigenvalue weighted by molar-refractivity contribution is -0.186. The molecule has 0 saturated carbocycles. The number of benzene rings is 1. The summed E-state index contributed by atoms with van der Waals surface area (Å²) in [6.07, 6.45) is 0.138. The van der Waals surface area contributed by atoms with Gasteiger partial charge in [0.2, 0.25) is 5.41 Å². The van der Waals surface area contributed by atoms with Crippen molar-refractivity contribution in [2.24, 2.45) is 5.41 Å². The van der Waals surface area contributed by atoms with Crippen LogP contribution >= 0.6 is 0 Å². The minimum atomic E-state index is -1.56. The fourth-order valence-electron chi connectivity index (χ4n) is 2.83. The van der Waals surface area contributed by atoms with E-state index in [1.807, 2.05) is 0 Å². The molecule has 0 unspecified atom stereocenters. The Morgan fingerprint density at radius 2 is 1.68 bits per heavy atom. The molecule has 6 heteroatoms. The molecule has 120 valence electrons. The zero-order chi connectivity index (χ0) is 16.5. The van der Waals surface area contributed by atoms with Crippen molar-refractivity contribution in [1.29, 1.82) is 0 Å². The van der Waals surface area contributed by atoms with Crippen LogP contribution in [-0.4, -0.2) is 38.9 Å². The van der Waals surface area contributed by atoms with Gasteiger partial charge in [-0.15, -0.1) is 0 Å². The van der Waals surface area contributed by atoms with Gasteiger partial charge in [0.1, 0.15) is 17.1 Å². The maximum absolute atomic E-state index is 12.4. The number of ether oxygens (including phenoxy) is 4. The van der Waals surface area contributed by atoms with E-state index in [0.717, 1.165) is 5.56 Å². The Bertz CT molecular complexity index is 589. The Morgan fingerprint density at radius 3 is 2.18 bits per heavy atom. The molecule has 0 amide bonds. The molecule has 2 rings (SSSR count). The quantitative estimate of drug-likeness (QED) is 0.626. The van der Waals surface area contributed by atoms with Crippen LogP contribution in [0, 0.1) is 5.41 Å². The van der Waals surface area contributed by atoms with Gasteiger partial charge < -0.3 is 18.9 Å². The van der Waals surface area contributed by atoms with E-state index in [2.05, 4.69) is 0 Å². The Kier molecular flexibility index (Phi) is 4.04. The number of fused-ring (bicyclic) bond motifs is 1. The SMILES string of the molecule is COC(=O)C1(C(=O)OC)Cc2ccc(OC)cc2OC1(C)C. The Balaban J connectivity index is 2.60. The van der Waals surface area contributed by atoms with Crippen molar-refractivity contribution in [3.8, 4) is 11.5 Å². The van der Waals surface area contributed by atoms with E-state index in [0.29, 0.717) is 11.5 Å². The molecule has 0 saturated heterocycles. The summed E-state index contributed by atoms with van der Waals surface area (Å²) in [7, 11) is 4.04. The van der Waals surface area contributed by atoms with Crippen LogP contribution in [0.5, 0.6) is 11.5 Å². The average Bonchev–Trinajstić information content (AvgIpc) is 2.51. The van der Waals surface area contributed by atoms with Gasteiger partial charge in [0, 0.05) is 12.5 Å². The Labute approximate surface area is 129 Å². The molecule has 1 aromatic carbocycles. The monoisotopic (exact) mass is 308 g/mol. The summed E-state index contributed by atoms with van der Waals surface area (Å²) in [5.41, 5.74) is -1.97. The number of hydrogen-bond donors (Lipinski definition) is 0. The molecule has 0 radical (unpaired) electrons. The number of rotatable bonds is 3. The lowest BCUT2D eigenvalue weighted by Crippen LogP contribution is -2.61. The molecule has 0 bridgehead atoms. The molecule has 0 N–H and O–H groups in total. The summed E-state index contributed by atoms with van der Waals surface area (Å²) in [5, 5.41) is 0. The van der Waals surface area contributed by atoms with Crippen LogP contribution in [0.15, 0.2) is 18.2 Å². The van der Waals surface area contributed by atoms with Gasteiger partial charge in [-0.2, -0.15) is 0 Å². The molecule has 0 aromatic heterocycles. The Hall–Kier alpha value is -2.24. The number of carbonyl (C=O) groups excluding carboxylic acids is 2.